The van der Waals surface area contributed by atoms with Crippen LogP contribution in [-0.4, -0.2) is 37.1 Å². The Hall–Kier alpha value is -2.94. The number of hydrogen-bond acceptors (Lipinski definition) is 6. The van der Waals surface area contributed by atoms with Gasteiger partial charge in [0.1, 0.15) is 5.01 Å². The molecule has 136 valence electrons. The van der Waals surface area contributed by atoms with E-state index in [1.165, 1.54) is 17.5 Å². The van der Waals surface area contributed by atoms with E-state index < -0.39 is 5.95 Å². The second kappa shape index (κ2) is 6.34. The highest BCUT2D eigenvalue weighted by Gasteiger charge is 2.43. The molecule has 0 spiro atoms. The summed E-state index contributed by atoms with van der Waals surface area (Å²) in [7, 11) is 0. The molecule has 0 radical (unpaired) electrons. The molecule has 1 saturated heterocycles. The van der Waals surface area contributed by atoms with Gasteiger partial charge in [-0.25, -0.2) is 9.78 Å². The molecule has 0 unspecified atom stereocenters. The van der Waals surface area contributed by atoms with E-state index in [1.807, 2.05) is 23.1 Å². The molecule has 1 fully saturated rings. The van der Waals surface area contributed by atoms with Crippen molar-refractivity contribution >= 4 is 22.5 Å². The van der Waals surface area contributed by atoms with Crippen LogP contribution < -0.4 is 5.32 Å². The smallest absolute Gasteiger partial charge is 0.314 e. The molecule has 1 N–H and O–H groups in total. The Kier molecular flexibility index (Phi) is 3.82. The van der Waals surface area contributed by atoms with Crippen LogP contribution in [0.2, 0.25) is 0 Å². The maximum atomic E-state index is 14.0. The molecule has 3 aromatic heterocycles. The third kappa shape index (κ3) is 2.74. The number of hydrogen-bond donors (Lipinski definition) is 1. The zero-order valence-corrected chi connectivity index (χ0v) is 15.0. The molecule has 2 bridgehead atoms. The first-order valence-electron chi connectivity index (χ1n) is 8.67. The quantitative estimate of drug-likeness (QED) is 0.687. The van der Waals surface area contributed by atoms with Crippen LogP contribution in [0.25, 0.3) is 10.6 Å². The molecule has 2 amide bonds. The molecular formula is C18H15FN6OS. The van der Waals surface area contributed by atoms with E-state index in [2.05, 4.69) is 25.5 Å². The zero-order valence-electron chi connectivity index (χ0n) is 14.2. The lowest BCUT2D eigenvalue weighted by molar-refractivity contribution is 0.178. The minimum atomic E-state index is -0.421. The predicted octanol–water partition coefficient (Wildman–Crippen LogP) is 3.43. The summed E-state index contributed by atoms with van der Waals surface area (Å²) in [6.07, 6.45) is 7.02. The summed E-state index contributed by atoms with van der Waals surface area (Å²) in [5.74, 6) is -0.421. The fourth-order valence-corrected chi connectivity index (χ4v) is 4.71. The van der Waals surface area contributed by atoms with Crippen LogP contribution in [0.5, 0.6) is 0 Å². The lowest BCUT2D eigenvalue weighted by atomic mass is 9.95. The summed E-state index contributed by atoms with van der Waals surface area (Å²) in [5.41, 5.74) is 2.41. The maximum Gasteiger partial charge on any atom is 0.324 e. The van der Waals surface area contributed by atoms with Gasteiger partial charge in [0.15, 0.2) is 0 Å². The van der Waals surface area contributed by atoms with Gasteiger partial charge in [-0.15, -0.1) is 10.2 Å². The lowest BCUT2D eigenvalue weighted by Crippen LogP contribution is -2.44. The van der Waals surface area contributed by atoms with Gasteiger partial charge in [0.05, 0.1) is 6.04 Å². The molecule has 2 atom stereocenters. The molecule has 0 aliphatic carbocycles. The maximum absolute atomic E-state index is 14.0. The van der Waals surface area contributed by atoms with Crippen molar-refractivity contribution in [1.29, 1.82) is 0 Å². The topological polar surface area (TPSA) is 83.9 Å². The Morgan fingerprint density at radius 1 is 1.19 bits per heavy atom. The minimum Gasteiger partial charge on any atom is -0.314 e. The van der Waals surface area contributed by atoms with Crippen molar-refractivity contribution in [1.82, 2.24) is 25.1 Å². The average Bonchev–Trinajstić information content (AvgIpc) is 3.27. The molecule has 9 heteroatoms. The standard InChI is InChI=1S/C18H15FN6OS/c19-15-13-9-11-1-2-14(12(13)5-8-21-15)25(11)18(26)22-17-24-23-16(27-17)10-3-6-20-7-4-10/h3-8,11,14H,1-2,9H2,(H,22,24,26)/t11-,14+/m0/s1. The summed E-state index contributed by atoms with van der Waals surface area (Å²) in [6.45, 7) is 0. The monoisotopic (exact) mass is 382 g/mol. The minimum absolute atomic E-state index is 0.0196. The normalized spacial score (nSPS) is 20.4. The number of fused-ring (bicyclic) bond motifs is 4. The van der Waals surface area contributed by atoms with E-state index in [-0.39, 0.29) is 18.1 Å². The molecule has 27 heavy (non-hydrogen) atoms. The van der Waals surface area contributed by atoms with Crippen LogP contribution in [0.1, 0.15) is 30.0 Å². The second-order valence-electron chi connectivity index (χ2n) is 6.61. The van der Waals surface area contributed by atoms with E-state index in [1.54, 1.807) is 12.4 Å². The number of aromatic nitrogens is 4. The van der Waals surface area contributed by atoms with Gasteiger partial charge in [0.25, 0.3) is 0 Å². The van der Waals surface area contributed by atoms with Crippen LogP contribution in [0.4, 0.5) is 14.3 Å². The van der Waals surface area contributed by atoms with Crippen molar-refractivity contribution in [2.45, 2.75) is 31.3 Å². The van der Waals surface area contributed by atoms with Crippen molar-refractivity contribution in [3.63, 3.8) is 0 Å². The summed E-state index contributed by atoms with van der Waals surface area (Å²) in [6, 6.07) is 5.14. The van der Waals surface area contributed by atoms with Gasteiger partial charge in [-0.1, -0.05) is 11.3 Å². The zero-order chi connectivity index (χ0) is 18.4. The highest BCUT2D eigenvalue weighted by molar-refractivity contribution is 7.18. The average molecular weight is 382 g/mol. The molecule has 2 aliphatic rings. The number of nitrogens with one attached hydrogen (secondary N) is 1. The van der Waals surface area contributed by atoms with Gasteiger partial charge in [-0.2, -0.15) is 4.39 Å². The SMILES string of the molecule is O=C(Nc1nnc(-c2ccncc2)s1)N1[C@H]2CC[C@@H]1c1ccnc(F)c1C2. The number of carbonyl (C=O) groups is 1. The first-order chi connectivity index (χ1) is 13.2. The van der Waals surface area contributed by atoms with Crippen molar-refractivity contribution in [2.24, 2.45) is 0 Å². The molecular weight excluding hydrogens is 367 g/mol. The number of urea groups is 1. The number of amides is 2. The first-order valence-corrected chi connectivity index (χ1v) is 9.49. The van der Waals surface area contributed by atoms with E-state index in [0.717, 1.165) is 24.0 Å². The van der Waals surface area contributed by atoms with Gasteiger partial charge in [0.2, 0.25) is 11.1 Å². The highest BCUT2D eigenvalue weighted by Crippen LogP contribution is 2.44. The number of carbonyl (C=O) groups excluding carboxylic acids is 1. The van der Waals surface area contributed by atoms with Crippen molar-refractivity contribution in [2.75, 3.05) is 5.32 Å². The Balaban J connectivity index is 1.37. The van der Waals surface area contributed by atoms with E-state index >= 15 is 0 Å². The van der Waals surface area contributed by atoms with E-state index in [0.29, 0.717) is 22.1 Å². The summed E-state index contributed by atoms with van der Waals surface area (Å²) in [4.78, 5) is 22.5. The van der Waals surface area contributed by atoms with E-state index in [4.69, 9.17) is 0 Å². The van der Waals surface area contributed by atoms with Gasteiger partial charge in [0, 0.05) is 35.8 Å². The number of rotatable bonds is 2. The van der Waals surface area contributed by atoms with E-state index in [9.17, 15) is 9.18 Å². The number of halogens is 1. The fourth-order valence-electron chi connectivity index (χ4n) is 3.97. The van der Waals surface area contributed by atoms with Gasteiger partial charge < -0.3 is 4.90 Å². The Morgan fingerprint density at radius 2 is 2.04 bits per heavy atom. The van der Waals surface area contributed by atoms with Crippen LogP contribution >= 0.6 is 11.3 Å². The summed E-state index contributed by atoms with van der Waals surface area (Å²) >= 11 is 1.31. The number of nitrogens with zero attached hydrogens (tertiary/aromatic N) is 5. The predicted molar refractivity (Wildman–Crippen MR) is 97.7 cm³/mol. The molecule has 3 aromatic rings. The number of anilines is 1. The molecule has 2 aliphatic heterocycles. The molecule has 5 rings (SSSR count). The van der Waals surface area contributed by atoms with Crippen LogP contribution in [-0.2, 0) is 6.42 Å². The summed E-state index contributed by atoms with van der Waals surface area (Å²) < 4.78 is 14.0. The third-order valence-electron chi connectivity index (χ3n) is 5.14. The van der Waals surface area contributed by atoms with Crippen LogP contribution in [0.3, 0.4) is 0 Å². The first kappa shape index (κ1) is 16.2. The molecule has 0 aromatic carbocycles. The lowest BCUT2D eigenvalue weighted by Gasteiger charge is -2.35. The largest absolute Gasteiger partial charge is 0.324 e. The third-order valence-corrected chi connectivity index (χ3v) is 6.03. The highest BCUT2D eigenvalue weighted by atomic mass is 32.1. The number of pyridine rings is 2. The van der Waals surface area contributed by atoms with Crippen LogP contribution in [0, 0.1) is 5.95 Å². The van der Waals surface area contributed by atoms with Crippen molar-refractivity contribution in [3.8, 4) is 10.6 Å². The molecule has 0 saturated carbocycles. The Bertz CT molecular complexity index is 1010. The molecule has 5 heterocycles. The fraction of sp³-hybridized carbons (Fsp3) is 0.278. The van der Waals surface area contributed by atoms with Gasteiger partial charge in [-0.3, -0.25) is 10.3 Å². The van der Waals surface area contributed by atoms with Crippen molar-refractivity contribution < 1.29 is 9.18 Å². The Morgan fingerprint density at radius 3 is 2.89 bits per heavy atom. The van der Waals surface area contributed by atoms with Crippen LogP contribution in [0.15, 0.2) is 36.8 Å². The summed E-state index contributed by atoms with van der Waals surface area (Å²) in [5, 5.41) is 12.2. The van der Waals surface area contributed by atoms with Gasteiger partial charge >= 0.3 is 6.03 Å². The van der Waals surface area contributed by atoms with Gasteiger partial charge in [-0.05, 0) is 43.0 Å². The molecule has 7 nitrogen and oxygen atoms in total. The van der Waals surface area contributed by atoms with Crippen molar-refractivity contribution in [3.05, 3.63) is 53.9 Å². The second-order valence-corrected chi connectivity index (χ2v) is 7.58. The Labute approximate surface area is 158 Å².